The van der Waals surface area contributed by atoms with Gasteiger partial charge in [-0.25, -0.2) is 4.98 Å². The number of nitrogens with two attached hydrogens (primary N) is 1. The molecule has 1 aliphatic heterocycles. The molecule has 1 atom stereocenters. The van der Waals surface area contributed by atoms with Crippen molar-refractivity contribution >= 4 is 17.7 Å². The van der Waals surface area contributed by atoms with Gasteiger partial charge in [-0.3, -0.25) is 14.8 Å². The summed E-state index contributed by atoms with van der Waals surface area (Å²) in [6, 6.07) is 2.94. The number of pyridine rings is 1. The van der Waals surface area contributed by atoms with E-state index in [1.165, 1.54) is 18.3 Å². The molecule has 1 spiro atoms. The van der Waals surface area contributed by atoms with Crippen LogP contribution in [-0.4, -0.2) is 34.1 Å². The van der Waals surface area contributed by atoms with Crippen LogP contribution in [0, 0.1) is 5.41 Å². The fraction of sp³-hybridized carbons (Fsp3) is 0.526. The summed E-state index contributed by atoms with van der Waals surface area (Å²) >= 11 is 0.715. The number of nitrogens with one attached hydrogen (secondary N) is 1. The minimum atomic E-state index is -4.59. The normalized spacial score (nSPS) is 21.7. The molecule has 1 aliphatic carbocycles. The number of alkyl halides is 3. The number of rotatable bonds is 3. The maximum Gasteiger partial charge on any atom is 0.434 e. The first-order chi connectivity index (χ1) is 13.8. The summed E-state index contributed by atoms with van der Waals surface area (Å²) in [5.41, 5.74) is 5.03. The number of anilines is 1. The molecule has 6 nitrogen and oxygen atoms in total. The van der Waals surface area contributed by atoms with Crippen molar-refractivity contribution in [2.24, 2.45) is 11.1 Å². The maximum atomic E-state index is 13.1. The quantitative estimate of drug-likeness (QED) is 0.783. The minimum Gasteiger partial charge on any atom is -0.342 e. The van der Waals surface area contributed by atoms with Gasteiger partial charge in [0.15, 0.2) is 5.69 Å². The molecule has 29 heavy (non-hydrogen) atoms. The van der Waals surface area contributed by atoms with Gasteiger partial charge in [0.2, 0.25) is 5.95 Å². The average molecular weight is 425 g/mol. The number of halogens is 3. The van der Waals surface area contributed by atoms with E-state index >= 15 is 0 Å². The van der Waals surface area contributed by atoms with Crippen LogP contribution in [0.3, 0.4) is 0 Å². The van der Waals surface area contributed by atoms with Gasteiger partial charge in [0.05, 0.1) is 11.1 Å². The van der Waals surface area contributed by atoms with Crippen molar-refractivity contribution in [3.05, 3.63) is 40.6 Å². The van der Waals surface area contributed by atoms with Gasteiger partial charge in [-0.2, -0.15) is 13.2 Å². The van der Waals surface area contributed by atoms with E-state index < -0.39 is 17.4 Å². The Morgan fingerprint density at radius 1 is 1.21 bits per heavy atom. The van der Waals surface area contributed by atoms with Crippen LogP contribution >= 0.6 is 11.8 Å². The topological polar surface area (TPSA) is 87.9 Å². The first kappa shape index (κ1) is 20.2. The predicted octanol–water partition coefficient (Wildman–Crippen LogP) is 3.43. The molecule has 4 rings (SSSR count). The molecule has 2 aromatic heterocycles. The van der Waals surface area contributed by atoms with Crippen LogP contribution in [-0.2, 0) is 6.18 Å². The highest BCUT2D eigenvalue weighted by molar-refractivity contribution is 7.99. The third kappa shape index (κ3) is 4.00. The Balaban J connectivity index is 1.49. The molecule has 2 aliphatic rings. The Kier molecular flexibility index (Phi) is 5.32. The van der Waals surface area contributed by atoms with E-state index in [1.54, 1.807) is 0 Å². The number of nitrogens with zero attached hydrogens (tertiary/aromatic N) is 3. The van der Waals surface area contributed by atoms with Crippen molar-refractivity contribution in [1.29, 1.82) is 0 Å². The van der Waals surface area contributed by atoms with E-state index in [0.29, 0.717) is 17.7 Å². The van der Waals surface area contributed by atoms with E-state index in [4.69, 9.17) is 5.73 Å². The summed E-state index contributed by atoms with van der Waals surface area (Å²) in [7, 11) is 0. The fourth-order valence-electron chi connectivity index (χ4n) is 4.36. The zero-order valence-electron chi connectivity index (χ0n) is 15.7. The number of aromatic amines is 1. The Morgan fingerprint density at radius 3 is 2.59 bits per heavy atom. The van der Waals surface area contributed by atoms with Gasteiger partial charge >= 0.3 is 6.18 Å². The summed E-state index contributed by atoms with van der Waals surface area (Å²) in [5.74, 6) is 0.447. The molecule has 0 radical (unpaired) electrons. The lowest BCUT2D eigenvalue weighted by atomic mass is 9.74. The second-order valence-corrected chi connectivity index (χ2v) is 8.78. The summed E-state index contributed by atoms with van der Waals surface area (Å²) < 4.78 is 39.4. The molecule has 0 amide bonds. The van der Waals surface area contributed by atoms with Crippen LogP contribution in [0.5, 0.6) is 0 Å². The molecular weight excluding hydrogens is 403 g/mol. The second kappa shape index (κ2) is 7.64. The lowest BCUT2D eigenvalue weighted by molar-refractivity contribution is -0.143. The van der Waals surface area contributed by atoms with Gasteiger partial charge in [-0.15, -0.1) is 0 Å². The largest absolute Gasteiger partial charge is 0.434 e. The monoisotopic (exact) mass is 425 g/mol. The highest BCUT2D eigenvalue weighted by Gasteiger charge is 2.43. The Morgan fingerprint density at radius 2 is 1.97 bits per heavy atom. The van der Waals surface area contributed by atoms with Gasteiger partial charge in [0.25, 0.3) is 5.56 Å². The molecule has 1 saturated heterocycles. The zero-order valence-corrected chi connectivity index (χ0v) is 16.5. The highest BCUT2D eigenvalue weighted by atomic mass is 32.2. The van der Waals surface area contributed by atoms with Gasteiger partial charge < -0.3 is 10.6 Å². The van der Waals surface area contributed by atoms with Gasteiger partial charge in [0, 0.05) is 30.2 Å². The van der Waals surface area contributed by atoms with Crippen molar-refractivity contribution < 1.29 is 13.2 Å². The molecule has 3 heterocycles. The van der Waals surface area contributed by atoms with Crippen molar-refractivity contribution in [3.8, 4) is 0 Å². The predicted molar refractivity (Wildman–Crippen MR) is 104 cm³/mol. The van der Waals surface area contributed by atoms with Crippen LogP contribution in [0.4, 0.5) is 19.1 Å². The molecule has 156 valence electrons. The Labute approximate surface area is 170 Å². The second-order valence-electron chi connectivity index (χ2n) is 7.70. The van der Waals surface area contributed by atoms with E-state index in [2.05, 4.69) is 15.0 Å². The first-order valence-corrected chi connectivity index (χ1v) is 10.4. The van der Waals surface area contributed by atoms with Crippen molar-refractivity contribution in [3.63, 3.8) is 0 Å². The molecule has 0 unspecified atom stereocenters. The number of aromatic nitrogens is 3. The number of H-pyrrole nitrogens is 1. The third-order valence-electron chi connectivity index (χ3n) is 6.05. The van der Waals surface area contributed by atoms with Crippen LogP contribution in [0.2, 0.25) is 0 Å². The lowest BCUT2D eigenvalue weighted by Crippen LogP contribution is -2.47. The lowest BCUT2D eigenvalue weighted by Gasteiger charge is -2.42. The van der Waals surface area contributed by atoms with Crippen LogP contribution in [0.15, 0.2) is 39.1 Å². The van der Waals surface area contributed by atoms with E-state index in [-0.39, 0.29) is 21.2 Å². The minimum absolute atomic E-state index is 0.0959. The van der Waals surface area contributed by atoms with E-state index in [1.807, 2.05) is 4.90 Å². The van der Waals surface area contributed by atoms with Gasteiger partial charge in [0.1, 0.15) is 0 Å². The zero-order chi connectivity index (χ0) is 20.6. The molecule has 0 aromatic carbocycles. The molecule has 1 saturated carbocycles. The SMILES string of the molecule is N[C@@H]1CCCC12CCN(c1ncc(Sc3cccnc3C(F)(F)F)c(=O)[nH]1)CC2. The molecule has 2 aromatic rings. The van der Waals surface area contributed by atoms with Crippen molar-refractivity contribution in [2.75, 3.05) is 18.0 Å². The van der Waals surface area contributed by atoms with E-state index in [0.717, 1.165) is 51.4 Å². The molecule has 3 N–H and O–H groups in total. The summed E-state index contributed by atoms with van der Waals surface area (Å²) in [4.78, 5) is 24.9. The summed E-state index contributed by atoms with van der Waals surface area (Å²) in [5, 5.41) is 0. The van der Waals surface area contributed by atoms with Crippen molar-refractivity contribution in [2.45, 2.75) is 54.1 Å². The number of hydrogen-bond donors (Lipinski definition) is 2. The molecule has 0 bridgehead atoms. The van der Waals surface area contributed by atoms with Gasteiger partial charge in [-0.05, 0) is 43.2 Å². The summed E-state index contributed by atoms with van der Waals surface area (Å²) in [6.45, 7) is 1.51. The number of piperidine rings is 1. The van der Waals surface area contributed by atoms with Crippen molar-refractivity contribution in [1.82, 2.24) is 15.0 Å². The Bertz CT molecular complexity index is 940. The first-order valence-electron chi connectivity index (χ1n) is 9.58. The molecule has 2 fully saturated rings. The van der Waals surface area contributed by atoms with Crippen LogP contribution in [0.1, 0.15) is 37.8 Å². The molecular formula is C19H22F3N5OS. The third-order valence-corrected chi connectivity index (χ3v) is 7.11. The number of hydrogen-bond acceptors (Lipinski definition) is 6. The van der Waals surface area contributed by atoms with E-state index in [9.17, 15) is 18.0 Å². The smallest absolute Gasteiger partial charge is 0.342 e. The summed E-state index contributed by atoms with van der Waals surface area (Å²) in [6.07, 6.45) is 3.11. The standard InChI is InChI=1S/C19H22F3N5OS/c20-19(21,22)15-12(3-2-8-24-15)29-13-11-25-17(26-16(13)28)27-9-6-18(7-10-27)5-1-4-14(18)23/h2-3,8,11,14H,1,4-7,9-10,23H2,(H,25,26,28)/t14-/m1/s1. The molecule has 10 heteroatoms. The van der Waals surface area contributed by atoms with Crippen LogP contribution < -0.4 is 16.2 Å². The average Bonchev–Trinajstić information content (AvgIpc) is 3.03. The Hall–Kier alpha value is -2.07. The highest BCUT2D eigenvalue weighted by Crippen LogP contribution is 2.45. The fourth-order valence-corrected chi connectivity index (χ4v) is 5.26. The van der Waals surface area contributed by atoms with Gasteiger partial charge in [-0.1, -0.05) is 18.2 Å². The maximum absolute atomic E-state index is 13.1. The van der Waals surface area contributed by atoms with Crippen LogP contribution in [0.25, 0.3) is 0 Å².